The third-order valence-corrected chi connectivity index (χ3v) is 4.88. The summed E-state index contributed by atoms with van der Waals surface area (Å²) in [5.41, 5.74) is -1.32. The molecule has 104 valence electrons. The Morgan fingerprint density at radius 2 is 2.05 bits per heavy atom. The molecule has 1 aromatic rings. The molecule has 0 aliphatic rings. The number of alkyl halides is 2. The Morgan fingerprint density at radius 3 is 2.53 bits per heavy atom. The van der Waals surface area contributed by atoms with Crippen LogP contribution in [0.2, 0.25) is 0 Å². The zero-order valence-electron chi connectivity index (χ0n) is 9.95. The smallest absolute Gasteiger partial charge is 0.285 e. The highest BCUT2D eigenvalue weighted by atomic mass is 79.9. The molecule has 0 saturated heterocycles. The number of carbonyl (C=O) groups is 1. The van der Waals surface area contributed by atoms with Crippen LogP contribution in [-0.2, 0) is 0 Å². The summed E-state index contributed by atoms with van der Waals surface area (Å²) < 4.78 is 13.0. The number of amides is 1. The lowest BCUT2D eigenvalue weighted by molar-refractivity contribution is -0.385. The fraction of sp³-hybridized carbons (Fsp3) is 0.364. The number of hydrogen-bond acceptors (Lipinski definition) is 3. The molecule has 1 N–H and O–H groups in total. The van der Waals surface area contributed by atoms with Crippen molar-refractivity contribution in [1.29, 1.82) is 0 Å². The van der Waals surface area contributed by atoms with Crippen molar-refractivity contribution in [3.63, 3.8) is 0 Å². The third-order valence-electron chi connectivity index (χ3n) is 2.41. The van der Waals surface area contributed by atoms with E-state index < -0.39 is 27.9 Å². The van der Waals surface area contributed by atoms with Crippen LogP contribution in [0.5, 0.6) is 0 Å². The molecule has 0 bridgehead atoms. The second kappa shape index (κ2) is 6.42. The van der Waals surface area contributed by atoms with E-state index in [1.165, 1.54) is 0 Å². The first-order valence-electron chi connectivity index (χ1n) is 5.21. The molecular formula is C11H11Br2FN2O3. The lowest BCUT2D eigenvalue weighted by Crippen LogP contribution is -2.49. The van der Waals surface area contributed by atoms with Gasteiger partial charge in [-0.1, -0.05) is 31.9 Å². The zero-order chi connectivity index (χ0) is 14.6. The van der Waals surface area contributed by atoms with Gasteiger partial charge in [-0.25, -0.2) is 4.39 Å². The molecule has 0 radical (unpaired) electrons. The molecule has 5 nitrogen and oxygen atoms in total. The highest BCUT2D eigenvalue weighted by Gasteiger charge is 2.28. The van der Waals surface area contributed by atoms with Crippen molar-refractivity contribution in [2.24, 2.45) is 0 Å². The van der Waals surface area contributed by atoms with Gasteiger partial charge in [-0.2, -0.15) is 0 Å². The molecule has 0 heterocycles. The Balaban J connectivity index is 3.10. The maximum Gasteiger partial charge on any atom is 0.285 e. The summed E-state index contributed by atoms with van der Waals surface area (Å²) in [6.07, 6.45) is 0. The van der Waals surface area contributed by atoms with Crippen molar-refractivity contribution in [2.45, 2.75) is 12.5 Å². The normalized spacial score (nSPS) is 11.2. The number of nitrogens with zero attached hydrogens (tertiary/aromatic N) is 1. The van der Waals surface area contributed by atoms with E-state index in [0.717, 1.165) is 18.2 Å². The SMILES string of the molecule is CC(CBr)(CBr)NC(=O)c1ccc(F)cc1[N+](=O)[O-]. The summed E-state index contributed by atoms with van der Waals surface area (Å²) in [5, 5.41) is 14.4. The van der Waals surface area contributed by atoms with Crippen molar-refractivity contribution >= 4 is 43.5 Å². The van der Waals surface area contributed by atoms with Crippen molar-refractivity contribution in [3.8, 4) is 0 Å². The summed E-state index contributed by atoms with van der Waals surface area (Å²) in [5.74, 6) is -1.37. The van der Waals surface area contributed by atoms with Crippen LogP contribution < -0.4 is 5.32 Å². The molecule has 0 fully saturated rings. The Labute approximate surface area is 126 Å². The molecule has 0 atom stereocenters. The van der Waals surface area contributed by atoms with Gasteiger partial charge in [0.25, 0.3) is 11.6 Å². The number of hydrogen-bond donors (Lipinski definition) is 1. The van der Waals surface area contributed by atoms with Crippen LogP contribution in [0.25, 0.3) is 0 Å². The van der Waals surface area contributed by atoms with Crippen molar-refractivity contribution in [1.82, 2.24) is 5.32 Å². The van der Waals surface area contributed by atoms with Crippen LogP contribution in [0, 0.1) is 15.9 Å². The van der Waals surface area contributed by atoms with E-state index in [-0.39, 0.29) is 5.56 Å². The van der Waals surface area contributed by atoms with Crippen molar-refractivity contribution in [3.05, 3.63) is 39.7 Å². The number of nitrogens with one attached hydrogen (secondary N) is 1. The Bertz CT molecular complexity index is 507. The maximum absolute atomic E-state index is 13.0. The fourth-order valence-corrected chi connectivity index (χ4v) is 2.50. The number of carbonyl (C=O) groups excluding carboxylic acids is 1. The molecule has 1 aromatic carbocycles. The number of nitro groups is 1. The predicted octanol–water partition coefficient (Wildman–Crippen LogP) is 3.01. The van der Waals surface area contributed by atoms with Crippen LogP contribution in [-0.4, -0.2) is 27.0 Å². The molecule has 8 heteroatoms. The number of rotatable bonds is 5. The quantitative estimate of drug-likeness (QED) is 0.471. The van der Waals surface area contributed by atoms with Gasteiger partial charge in [0.1, 0.15) is 11.4 Å². The van der Waals surface area contributed by atoms with Crippen LogP contribution in [0.3, 0.4) is 0 Å². The van der Waals surface area contributed by atoms with Gasteiger partial charge in [0.15, 0.2) is 0 Å². The topological polar surface area (TPSA) is 72.2 Å². The van der Waals surface area contributed by atoms with Crippen molar-refractivity contribution < 1.29 is 14.1 Å². The monoisotopic (exact) mass is 396 g/mol. The van der Waals surface area contributed by atoms with Gasteiger partial charge in [0.2, 0.25) is 0 Å². The van der Waals surface area contributed by atoms with E-state index in [9.17, 15) is 19.3 Å². The molecule has 0 unspecified atom stereocenters. The lowest BCUT2D eigenvalue weighted by atomic mass is 10.1. The zero-order valence-corrected chi connectivity index (χ0v) is 13.1. The highest BCUT2D eigenvalue weighted by Crippen LogP contribution is 2.21. The summed E-state index contributed by atoms with van der Waals surface area (Å²) >= 11 is 6.51. The number of halogens is 3. The number of nitro benzene ring substituents is 1. The Hall–Kier alpha value is -1.02. The first-order valence-corrected chi connectivity index (χ1v) is 7.45. The standard InChI is InChI=1S/C11H11Br2FN2O3/c1-11(5-12,6-13)15-10(17)8-3-2-7(14)4-9(8)16(18)19/h2-4H,5-6H2,1H3,(H,15,17). The Kier molecular flexibility index (Phi) is 5.42. The Morgan fingerprint density at radius 1 is 1.47 bits per heavy atom. The first-order chi connectivity index (χ1) is 8.83. The first kappa shape index (κ1) is 16.0. The van der Waals surface area contributed by atoms with Gasteiger partial charge < -0.3 is 5.32 Å². The fourth-order valence-electron chi connectivity index (χ4n) is 1.29. The lowest BCUT2D eigenvalue weighted by Gasteiger charge is -2.26. The van der Waals surface area contributed by atoms with Crippen LogP contribution in [0.15, 0.2) is 18.2 Å². The molecule has 0 aliphatic heterocycles. The molecular weight excluding hydrogens is 387 g/mol. The summed E-state index contributed by atoms with van der Waals surface area (Å²) in [6, 6.07) is 2.85. The number of benzene rings is 1. The molecule has 0 aliphatic carbocycles. The van der Waals surface area contributed by atoms with Gasteiger partial charge in [-0.15, -0.1) is 0 Å². The largest absolute Gasteiger partial charge is 0.345 e. The summed E-state index contributed by atoms with van der Waals surface area (Å²) in [7, 11) is 0. The van der Waals surface area contributed by atoms with E-state index in [1.807, 2.05) is 0 Å². The van der Waals surface area contributed by atoms with Crippen LogP contribution in [0.1, 0.15) is 17.3 Å². The minimum absolute atomic E-state index is 0.167. The second-order valence-electron chi connectivity index (χ2n) is 4.20. The van der Waals surface area contributed by atoms with E-state index >= 15 is 0 Å². The second-order valence-corrected chi connectivity index (χ2v) is 5.32. The summed E-state index contributed by atoms with van der Waals surface area (Å²) in [6.45, 7) is 1.77. The molecule has 1 amide bonds. The van der Waals surface area contributed by atoms with E-state index in [0.29, 0.717) is 10.7 Å². The molecule has 0 saturated carbocycles. The van der Waals surface area contributed by atoms with E-state index in [1.54, 1.807) is 6.92 Å². The van der Waals surface area contributed by atoms with Gasteiger partial charge in [-0.05, 0) is 19.1 Å². The molecule has 0 aromatic heterocycles. The van der Waals surface area contributed by atoms with Gasteiger partial charge in [0.05, 0.1) is 16.5 Å². The van der Waals surface area contributed by atoms with Gasteiger partial charge in [0, 0.05) is 10.7 Å². The van der Waals surface area contributed by atoms with Crippen LogP contribution in [0.4, 0.5) is 10.1 Å². The average Bonchev–Trinajstić information content (AvgIpc) is 2.38. The van der Waals surface area contributed by atoms with E-state index in [4.69, 9.17) is 0 Å². The predicted molar refractivity (Wildman–Crippen MR) is 76.5 cm³/mol. The average molecular weight is 398 g/mol. The minimum atomic E-state index is -0.780. The molecule has 1 rings (SSSR count). The minimum Gasteiger partial charge on any atom is -0.345 e. The molecule has 19 heavy (non-hydrogen) atoms. The van der Waals surface area contributed by atoms with Crippen molar-refractivity contribution in [2.75, 3.05) is 10.7 Å². The van der Waals surface area contributed by atoms with E-state index in [2.05, 4.69) is 37.2 Å². The van der Waals surface area contributed by atoms with Gasteiger partial charge in [-0.3, -0.25) is 14.9 Å². The summed E-state index contributed by atoms with van der Waals surface area (Å²) in [4.78, 5) is 22.1. The van der Waals surface area contributed by atoms with Gasteiger partial charge >= 0.3 is 0 Å². The van der Waals surface area contributed by atoms with Crippen LogP contribution >= 0.6 is 31.9 Å². The molecule has 0 spiro atoms. The third kappa shape index (κ3) is 3.97. The highest BCUT2D eigenvalue weighted by molar-refractivity contribution is 9.09. The maximum atomic E-state index is 13.0.